The molecule has 0 saturated heterocycles. The van der Waals surface area contributed by atoms with Crippen LogP contribution in [0.4, 0.5) is 0 Å². The second-order valence-electron chi connectivity index (χ2n) is 4.76. The van der Waals surface area contributed by atoms with Crippen molar-refractivity contribution in [1.82, 2.24) is 19.7 Å². The van der Waals surface area contributed by atoms with E-state index in [4.69, 9.17) is 10.3 Å². The quantitative estimate of drug-likeness (QED) is 0.823. The Morgan fingerprint density at radius 1 is 1.42 bits per heavy atom. The molecule has 0 radical (unpaired) electrons. The van der Waals surface area contributed by atoms with E-state index < -0.39 is 0 Å². The van der Waals surface area contributed by atoms with Crippen LogP contribution < -0.4 is 5.73 Å². The van der Waals surface area contributed by atoms with Crippen molar-refractivity contribution in [1.29, 1.82) is 0 Å². The van der Waals surface area contributed by atoms with E-state index in [1.807, 2.05) is 17.8 Å². The molecule has 0 saturated carbocycles. The van der Waals surface area contributed by atoms with Gasteiger partial charge < -0.3 is 14.8 Å². The zero-order valence-corrected chi connectivity index (χ0v) is 11.5. The normalized spacial score (nSPS) is 12.8. The molecule has 0 spiro atoms. The first kappa shape index (κ1) is 13.7. The van der Waals surface area contributed by atoms with Crippen LogP contribution in [0.15, 0.2) is 16.9 Å². The van der Waals surface area contributed by atoms with Crippen LogP contribution in [0.1, 0.15) is 32.1 Å². The number of aromatic nitrogens is 4. The predicted molar refractivity (Wildman–Crippen MR) is 72.3 cm³/mol. The molecule has 0 aliphatic rings. The third-order valence-electron chi connectivity index (χ3n) is 3.41. The Morgan fingerprint density at radius 2 is 2.26 bits per heavy atom. The highest BCUT2D eigenvalue weighted by atomic mass is 16.5. The van der Waals surface area contributed by atoms with Crippen LogP contribution in [0.3, 0.4) is 0 Å². The summed E-state index contributed by atoms with van der Waals surface area (Å²) < 4.78 is 7.14. The first-order valence-corrected chi connectivity index (χ1v) is 6.75. The molecule has 2 N–H and O–H groups in total. The van der Waals surface area contributed by atoms with Crippen molar-refractivity contribution in [2.45, 2.75) is 32.6 Å². The lowest BCUT2D eigenvalue weighted by atomic mass is 9.97. The van der Waals surface area contributed by atoms with Gasteiger partial charge in [-0.3, -0.25) is 0 Å². The molecule has 0 aliphatic heterocycles. The molecule has 0 bridgehead atoms. The second-order valence-corrected chi connectivity index (χ2v) is 4.76. The molecule has 0 fully saturated rings. The van der Waals surface area contributed by atoms with Crippen molar-refractivity contribution in [3.05, 3.63) is 18.3 Å². The summed E-state index contributed by atoms with van der Waals surface area (Å²) in [6.45, 7) is 2.92. The van der Waals surface area contributed by atoms with E-state index in [1.165, 1.54) is 0 Å². The minimum Gasteiger partial charge on any atom is -0.339 e. The predicted octanol–water partition coefficient (Wildman–Crippen LogP) is 1.78. The number of hydrogen-bond donors (Lipinski definition) is 1. The van der Waals surface area contributed by atoms with E-state index in [0.29, 0.717) is 17.6 Å². The number of imidazole rings is 1. The van der Waals surface area contributed by atoms with Crippen molar-refractivity contribution < 1.29 is 4.52 Å². The van der Waals surface area contributed by atoms with E-state index in [1.54, 1.807) is 6.20 Å². The van der Waals surface area contributed by atoms with Gasteiger partial charge in [0.1, 0.15) is 0 Å². The topological polar surface area (TPSA) is 82.8 Å². The fourth-order valence-electron chi connectivity index (χ4n) is 2.14. The Kier molecular flexibility index (Phi) is 4.68. The highest BCUT2D eigenvalue weighted by molar-refractivity contribution is 5.42. The molecule has 2 aromatic rings. The SMILES string of the molecule is CCC(CCN)CCc1nc(-c2nccn2C)no1. The summed E-state index contributed by atoms with van der Waals surface area (Å²) >= 11 is 0. The zero-order chi connectivity index (χ0) is 13.7. The monoisotopic (exact) mass is 263 g/mol. The lowest BCUT2D eigenvalue weighted by molar-refractivity contribution is 0.354. The van der Waals surface area contributed by atoms with Crippen molar-refractivity contribution in [2.75, 3.05) is 6.54 Å². The lowest BCUT2D eigenvalue weighted by Crippen LogP contribution is -2.09. The van der Waals surface area contributed by atoms with Gasteiger partial charge in [-0.1, -0.05) is 18.5 Å². The van der Waals surface area contributed by atoms with E-state index in [-0.39, 0.29) is 0 Å². The van der Waals surface area contributed by atoms with E-state index in [2.05, 4.69) is 22.0 Å². The standard InChI is InChI=1S/C13H21N5O/c1-3-10(6-7-14)4-5-11-16-12(17-19-11)13-15-8-9-18(13)2/h8-10H,3-7,14H2,1-2H3. The van der Waals surface area contributed by atoms with Crippen molar-refractivity contribution in [3.8, 4) is 11.6 Å². The third-order valence-corrected chi connectivity index (χ3v) is 3.41. The lowest BCUT2D eigenvalue weighted by Gasteiger charge is -2.11. The summed E-state index contributed by atoms with van der Waals surface area (Å²) in [5.41, 5.74) is 5.60. The molecule has 1 atom stereocenters. The number of aryl methyl sites for hydroxylation is 2. The smallest absolute Gasteiger partial charge is 0.238 e. The van der Waals surface area contributed by atoms with Crippen molar-refractivity contribution >= 4 is 0 Å². The summed E-state index contributed by atoms with van der Waals surface area (Å²) in [6.07, 6.45) is 7.61. The van der Waals surface area contributed by atoms with E-state index >= 15 is 0 Å². The molecule has 1 unspecified atom stereocenters. The number of hydrogen-bond acceptors (Lipinski definition) is 5. The van der Waals surface area contributed by atoms with Crippen LogP contribution in [0.25, 0.3) is 11.6 Å². The number of nitrogens with zero attached hydrogens (tertiary/aromatic N) is 4. The highest BCUT2D eigenvalue weighted by Crippen LogP contribution is 2.17. The fraction of sp³-hybridized carbons (Fsp3) is 0.615. The summed E-state index contributed by atoms with van der Waals surface area (Å²) in [7, 11) is 1.91. The molecular formula is C13H21N5O. The Balaban J connectivity index is 1.96. The summed E-state index contributed by atoms with van der Waals surface area (Å²) in [4.78, 5) is 8.59. The fourth-order valence-corrected chi connectivity index (χ4v) is 2.14. The molecule has 104 valence electrons. The maximum absolute atomic E-state index is 5.60. The van der Waals surface area contributed by atoms with Gasteiger partial charge >= 0.3 is 0 Å². The van der Waals surface area contributed by atoms with Gasteiger partial charge in [0.05, 0.1) is 0 Å². The average molecular weight is 263 g/mol. The summed E-state index contributed by atoms with van der Waals surface area (Å²) in [5, 5.41) is 3.98. The van der Waals surface area contributed by atoms with Crippen LogP contribution in [0, 0.1) is 5.92 Å². The van der Waals surface area contributed by atoms with Gasteiger partial charge in [0.25, 0.3) is 0 Å². The number of nitrogens with two attached hydrogens (primary N) is 1. The van der Waals surface area contributed by atoms with Gasteiger partial charge in [0, 0.05) is 25.9 Å². The molecule has 6 heteroatoms. The van der Waals surface area contributed by atoms with Crippen LogP contribution in [-0.4, -0.2) is 26.2 Å². The van der Waals surface area contributed by atoms with Gasteiger partial charge in [-0.15, -0.1) is 0 Å². The molecule has 2 aromatic heterocycles. The zero-order valence-electron chi connectivity index (χ0n) is 11.5. The van der Waals surface area contributed by atoms with E-state index in [0.717, 1.165) is 38.1 Å². The van der Waals surface area contributed by atoms with Crippen molar-refractivity contribution in [3.63, 3.8) is 0 Å². The third kappa shape index (κ3) is 3.41. The average Bonchev–Trinajstić information content (AvgIpc) is 3.03. The van der Waals surface area contributed by atoms with Gasteiger partial charge in [-0.2, -0.15) is 4.98 Å². The minimum absolute atomic E-state index is 0.550. The molecule has 19 heavy (non-hydrogen) atoms. The second kappa shape index (κ2) is 6.47. The molecule has 2 heterocycles. The van der Waals surface area contributed by atoms with E-state index in [9.17, 15) is 0 Å². The van der Waals surface area contributed by atoms with Gasteiger partial charge in [-0.05, 0) is 25.3 Å². The Morgan fingerprint density at radius 3 is 2.89 bits per heavy atom. The molecule has 0 aromatic carbocycles. The van der Waals surface area contributed by atoms with Crippen molar-refractivity contribution in [2.24, 2.45) is 18.7 Å². The van der Waals surface area contributed by atoms with Gasteiger partial charge in [0.2, 0.25) is 11.7 Å². The van der Waals surface area contributed by atoms with Crippen LogP contribution in [-0.2, 0) is 13.5 Å². The largest absolute Gasteiger partial charge is 0.339 e. The van der Waals surface area contributed by atoms with Gasteiger partial charge in [0.15, 0.2) is 5.82 Å². The maximum Gasteiger partial charge on any atom is 0.238 e. The molecule has 6 nitrogen and oxygen atoms in total. The summed E-state index contributed by atoms with van der Waals surface area (Å²) in [6, 6.07) is 0. The molecule has 0 aliphatic carbocycles. The first-order valence-electron chi connectivity index (χ1n) is 6.75. The molecule has 2 rings (SSSR count). The molecular weight excluding hydrogens is 242 g/mol. The highest BCUT2D eigenvalue weighted by Gasteiger charge is 2.13. The maximum atomic E-state index is 5.60. The van der Waals surface area contributed by atoms with Crippen LogP contribution in [0.2, 0.25) is 0 Å². The first-order chi connectivity index (χ1) is 9.24. The Labute approximate surface area is 113 Å². The Hall–Kier alpha value is -1.69. The molecule has 0 amide bonds. The minimum atomic E-state index is 0.550. The van der Waals surface area contributed by atoms with Crippen LogP contribution in [0.5, 0.6) is 0 Å². The Bertz CT molecular complexity index is 505. The van der Waals surface area contributed by atoms with Crippen LogP contribution >= 0.6 is 0 Å². The summed E-state index contributed by atoms with van der Waals surface area (Å²) in [5.74, 6) is 2.58. The van der Waals surface area contributed by atoms with Gasteiger partial charge in [-0.25, -0.2) is 4.98 Å². The number of rotatable bonds is 7.